The molecule has 1 amide bonds. The fourth-order valence-corrected chi connectivity index (χ4v) is 3.50. The van der Waals surface area contributed by atoms with Gasteiger partial charge in [-0.05, 0) is 51.7 Å². The van der Waals surface area contributed by atoms with E-state index in [9.17, 15) is 14.7 Å². The third-order valence-corrected chi connectivity index (χ3v) is 4.96. The number of amides is 1. The van der Waals surface area contributed by atoms with Gasteiger partial charge in [0.1, 0.15) is 0 Å². The van der Waals surface area contributed by atoms with Crippen LogP contribution in [0.4, 0.5) is 0 Å². The Labute approximate surface area is 120 Å². The van der Waals surface area contributed by atoms with Gasteiger partial charge in [-0.2, -0.15) is 0 Å². The van der Waals surface area contributed by atoms with Crippen molar-refractivity contribution >= 4 is 11.9 Å². The lowest BCUT2D eigenvalue weighted by Crippen LogP contribution is -2.46. The zero-order chi connectivity index (χ0) is 14.7. The molecule has 0 radical (unpaired) electrons. The van der Waals surface area contributed by atoms with Crippen molar-refractivity contribution in [3.8, 4) is 0 Å². The van der Waals surface area contributed by atoms with Crippen LogP contribution in [0.15, 0.2) is 0 Å². The first-order valence-electron chi connectivity index (χ1n) is 7.73. The van der Waals surface area contributed by atoms with Crippen LogP contribution in [0.25, 0.3) is 0 Å². The van der Waals surface area contributed by atoms with Crippen LogP contribution < -0.4 is 5.32 Å². The molecule has 0 spiro atoms. The highest BCUT2D eigenvalue weighted by atomic mass is 16.4. The number of likely N-dealkylation sites (tertiary alicyclic amines) is 1. The predicted molar refractivity (Wildman–Crippen MR) is 76.3 cm³/mol. The first-order chi connectivity index (χ1) is 9.51. The largest absolute Gasteiger partial charge is 0.481 e. The van der Waals surface area contributed by atoms with Crippen molar-refractivity contribution in [2.45, 2.75) is 45.1 Å². The molecular formula is C15H26N2O3. The molecule has 1 heterocycles. The van der Waals surface area contributed by atoms with Gasteiger partial charge >= 0.3 is 5.97 Å². The van der Waals surface area contributed by atoms with Gasteiger partial charge in [-0.25, -0.2) is 0 Å². The van der Waals surface area contributed by atoms with Crippen molar-refractivity contribution in [1.82, 2.24) is 10.2 Å². The molecule has 114 valence electrons. The standard InChI is InChI=1S/C15H26N2O3/c1-3-10-8-12(13(9-10)15(19)20)14(18)16-11-4-6-17(2)7-5-11/h10-13H,3-9H2,1-2H3,(H,16,18)(H,19,20)/t10?,12-,13+/m0/s1. The molecule has 0 aromatic heterocycles. The Balaban J connectivity index is 1.91. The number of nitrogens with one attached hydrogen (secondary N) is 1. The van der Waals surface area contributed by atoms with Crippen molar-refractivity contribution in [2.75, 3.05) is 20.1 Å². The molecule has 0 aromatic rings. The Morgan fingerprint density at radius 2 is 1.80 bits per heavy atom. The number of carbonyl (C=O) groups excluding carboxylic acids is 1. The minimum atomic E-state index is -0.815. The van der Waals surface area contributed by atoms with Crippen LogP contribution in [0.5, 0.6) is 0 Å². The molecule has 2 N–H and O–H groups in total. The van der Waals surface area contributed by atoms with Gasteiger partial charge in [0, 0.05) is 6.04 Å². The average molecular weight is 282 g/mol. The van der Waals surface area contributed by atoms with E-state index in [1.54, 1.807) is 0 Å². The topological polar surface area (TPSA) is 69.6 Å². The average Bonchev–Trinajstić information content (AvgIpc) is 2.86. The molecule has 0 aromatic carbocycles. The first kappa shape index (κ1) is 15.3. The van der Waals surface area contributed by atoms with Gasteiger partial charge in [-0.1, -0.05) is 13.3 Å². The number of hydrogen-bond acceptors (Lipinski definition) is 3. The molecule has 1 unspecified atom stereocenters. The van der Waals surface area contributed by atoms with Crippen molar-refractivity contribution in [3.05, 3.63) is 0 Å². The van der Waals surface area contributed by atoms with Crippen LogP contribution in [0.3, 0.4) is 0 Å². The van der Waals surface area contributed by atoms with Crippen molar-refractivity contribution < 1.29 is 14.7 Å². The summed E-state index contributed by atoms with van der Waals surface area (Å²) >= 11 is 0. The Kier molecular flexibility index (Phi) is 5.02. The summed E-state index contributed by atoms with van der Waals surface area (Å²) in [7, 11) is 2.08. The summed E-state index contributed by atoms with van der Waals surface area (Å²) in [6.07, 6.45) is 4.26. The second-order valence-electron chi connectivity index (χ2n) is 6.38. The van der Waals surface area contributed by atoms with E-state index in [4.69, 9.17) is 0 Å². The summed E-state index contributed by atoms with van der Waals surface area (Å²) < 4.78 is 0. The van der Waals surface area contributed by atoms with Crippen molar-refractivity contribution in [2.24, 2.45) is 17.8 Å². The lowest BCUT2D eigenvalue weighted by molar-refractivity contribution is -0.146. The number of piperidine rings is 1. The maximum atomic E-state index is 12.4. The van der Waals surface area contributed by atoms with Crippen LogP contribution in [0.2, 0.25) is 0 Å². The maximum Gasteiger partial charge on any atom is 0.307 e. The Hall–Kier alpha value is -1.10. The normalized spacial score (nSPS) is 32.2. The molecule has 20 heavy (non-hydrogen) atoms. The van der Waals surface area contributed by atoms with Crippen LogP contribution in [0.1, 0.15) is 39.0 Å². The lowest BCUT2D eigenvalue weighted by atomic mass is 9.94. The van der Waals surface area contributed by atoms with Crippen LogP contribution in [-0.2, 0) is 9.59 Å². The fourth-order valence-electron chi connectivity index (χ4n) is 3.50. The van der Waals surface area contributed by atoms with Gasteiger partial charge in [0.2, 0.25) is 5.91 Å². The zero-order valence-electron chi connectivity index (χ0n) is 12.5. The van der Waals surface area contributed by atoms with Crippen LogP contribution >= 0.6 is 0 Å². The molecule has 0 bridgehead atoms. The third kappa shape index (κ3) is 3.51. The lowest BCUT2D eigenvalue weighted by Gasteiger charge is -2.30. The SMILES string of the molecule is CCC1C[C@H](C(=O)NC2CCN(C)CC2)[C@H](C(=O)O)C1. The molecule has 1 aliphatic heterocycles. The van der Waals surface area contributed by atoms with Gasteiger partial charge in [-0.3, -0.25) is 9.59 Å². The van der Waals surface area contributed by atoms with Gasteiger partial charge in [0.05, 0.1) is 11.8 Å². The quantitative estimate of drug-likeness (QED) is 0.816. The monoisotopic (exact) mass is 282 g/mol. The molecule has 1 saturated carbocycles. The number of carboxylic acids is 1. The second kappa shape index (κ2) is 6.57. The number of hydrogen-bond donors (Lipinski definition) is 2. The second-order valence-corrected chi connectivity index (χ2v) is 6.38. The van der Waals surface area contributed by atoms with Gasteiger partial charge < -0.3 is 15.3 Å². The van der Waals surface area contributed by atoms with Gasteiger partial charge in [0.15, 0.2) is 0 Å². The summed E-state index contributed by atoms with van der Waals surface area (Å²) in [6.45, 7) is 4.06. The number of carboxylic acid groups (broad SMARTS) is 1. The smallest absolute Gasteiger partial charge is 0.307 e. The highest BCUT2D eigenvalue weighted by Gasteiger charge is 2.42. The van der Waals surface area contributed by atoms with Crippen LogP contribution in [0, 0.1) is 17.8 Å². The Morgan fingerprint density at radius 3 is 2.35 bits per heavy atom. The van der Waals surface area contributed by atoms with Crippen LogP contribution in [-0.4, -0.2) is 48.1 Å². The summed E-state index contributed by atoms with van der Waals surface area (Å²) in [5.41, 5.74) is 0. The molecule has 5 nitrogen and oxygen atoms in total. The molecule has 2 rings (SSSR count). The summed E-state index contributed by atoms with van der Waals surface area (Å²) in [4.78, 5) is 26.0. The van der Waals surface area contributed by atoms with E-state index >= 15 is 0 Å². The number of nitrogens with zero attached hydrogens (tertiary/aromatic N) is 1. The fraction of sp³-hybridized carbons (Fsp3) is 0.867. The van der Waals surface area contributed by atoms with E-state index in [1.807, 2.05) is 0 Å². The summed E-state index contributed by atoms with van der Waals surface area (Å²) in [5.74, 6) is -1.31. The highest BCUT2D eigenvalue weighted by molar-refractivity contribution is 5.85. The molecular weight excluding hydrogens is 256 g/mol. The number of carbonyl (C=O) groups is 2. The van der Waals surface area contributed by atoms with Crippen molar-refractivity contribution in [1.29, 1.82) is 0 Å². The van der Waals surface area contributed by atoms with E-state index in [-0.39, 0.29) is 17.9 Å². The molecule has 2 fully saturated rings. The first-order valence-corrected chi connectivity index (χ1v) is 7.73. The highest BCUT2D eigenvalue weighted by Crippen LogP contribution is 2.38. The predicted octanol–water partition coefficient (Wildman–Crippen LogP) is 1.33. The third-order valence-electron chi connectivity index (χ3n) is 4.96. The molecule has 3 atom stereocenters. The summed E-state index contributed by atoms with van der Waals surface area (Å²) in [6, 6.07) is 0.217. The van der Waals surface area contributed by atoms with Gasteiger partial charge in [0.25, 0.3) is 0 Å². The van der Waals surface area contributed by atoms with E-state index in [2.05, 4.69) is 24.2 Å². The Morgan fingerprint density at radius 1 is 1.20 bits per heavy atom. The van der Waals surface area contributed by atoms with E-state index < -0.39 is 11.9 Å². The molecule has 1 saturated heterocycles. The van der Waals surface area contributed by atoms with Crippen molar-refractivity contribution in [3.63, 3.8) is 0 Å². The Bertz CT molecular complexity index is 364. The minimum absolute atomic E-state index is 0.0390. The van der Waals surface area contributed by atoms with E-state index in [0.29, 0.717) is 12.3 Å². The minimum Gasteiger partial charge on any atom is -0.481 e. The summed E-state index contributed by atoms with van der Waals surface area (Å²) in [5, 5.41) is 12.4. The molecule has 5 heteroatoms. The van der Waals surface area contributed by atoms with Gasteiger partial charge in [-0.15, -0.1) is 0 Å². The molecule has 1 aliphatic carbocycles. The van der Waals surface area contributed by atoms with E-state index in [1.165, 1.54) is 0 Å². The maximum absolute atomic E-state index is 12.4. The number of rotatable bonds is 4. The zero-order valence-corrected chi connectivity index (χ0v) is 12.5. The van der Waals surface area contributed by atoms with E-state index in [0.717, 1.165) is 38.8 Å². The number of aliphatic carboxylic acids is 1. The molecule has 2 aliphatic rings.